The quantitative estimate of drug-likeness (QED) is 0.793. The molecule has 0 N–H and O–H groups in total. The first kappa shape index (κ1) is 11.6. The smallest absolute Gasteiger partial charge is 0.168 e. The lowest BCUT2D eigenvalue weighted by Crippen LogP contribution is -2.34. The van der Waals surface area contributed by atoms with E-state index < -0.39 is 0 Å². The van der Waals surface area contributed by atoms with Gasteiger partial charge in [-0.05, 0) is 24.1 Å². The fourth-order valence-corrected chi connectivity index (χ4v) is 3.14. The fraction of sp³-hybridized carbons (Fsp3) is 0.294. The molecule has 0 saturated heterocycles. The van der Waals surface area contributed by atoms with Crippen molar-refractivity contribution in [2.24, 2.45) is 5.92 Å². The first-order chi connectivity index (χ1) is 9.86. The van der Waals surface area contributed by atoms with Gasteiger partial charge in [0.2, 0.25) is 0 Å². The van der Waals surface area contributed by atoms with Gasteiger partial charge < -0.3 is 14.2 Å². The summed E-state index contributed by atoms with van der Waals surface area (Å²) in [6.45, 7) is 0.673. The van der Waals surface area contributed by atoms with Crippen LogP contribution < -0.4 is 14.2 Å². The Morgan fingerprint density at radius 3 is 2.90 bits per heavy atom. The molecule has 2 atom stereocenters. The van der Waals surface area contributed by atoms with Gasteiger partial charge in [-0.15, -0.1) is 0 Å². The minimum absolute atomic E-state index is 0.0590. The van der Waals surface area contributed by atoms with Crippen LogP contribution in [0.1, 0.15) is 17.2 Å². The van der Waals surface area contributed by atoms with Crippen molar-refractivity contribution in [2.75, 3.05) is 13.7 Å². The minimum Gasteiger partial charge on any atom is -0.493 e. The Morgan fingerprint density at radius 2 is 2.00 bits per heavy atom. The summed E-state index contributed by atoms with van der Waals surface area (Å²) in [6, 6.07) is 14.2. The predicted octanol–water partition coefficient (Wildman–Crippen LogP) is 3.38. The first-order valence-electron chi connectivity index (χ1n) is 6.91. The molecule has 0 radical (unpaired) electrons. The predicted molar refractivity (Wildman–Crippen MR) is 75.5 cm³/mol. The van der Waals surface area contributed by atoms with Gasteiger partial charge in [-0.1, -0.05) is 30.3 Å². The van der Waals surface area contributed by atoms with Gasteiger partial charge in [0, 0.05) is 11.5 Å². The first-order valence-corrected chi connectivity index (χ1v) is 6.91. The summed E-state index contributed by atoms with van der Waals surface area (Å²) in [4.78, 5) is 0. The SMILES string of the molecule is COc1cccc2c1OC[C@@H]1Cc3ccccc3O[C@@H]21. The summed E-state index contributed by atoms with van der Waals surface area (Å²) in [5.41, 5.74) is 2.36. The lowest BCUT2D eigenvalue weighted by Gasteiger charge is -2.38. The van der Waals surface area contributed by atoms with Crippen LogP contribution in [0.15, 0.2) is 42.5 Å². The normalized spacial score (nSPS) is 22.6. The van der Waals surface area contributed by atoms with Gasteiger partial charge in [0.15, 0.2) is 11.5 Å². The second-order valence-corrected chi connectivity index (χ2v) is 5.30. The van der Waals surface area contributed by atoms with Crippen LogP contribution in [0.25, 0.3) is 0 Å². The molecule has 2 aromatic rings. The highest BCUT2D eigenvalue weighted by atomic mass is 16.5. The number of ether oxygens (including phenoxy) is 3. The number of fused-ring (bicyclic) bond motifs is 4. The summed E-state index contributed by atoms with van der Waals surface area (Å²) in [5.74, 6) is 2.97. The average Bonchev–Trinajstić information content (AvgIpc) is 2.52. The summed E-state index contributed by atoms with van der Waals surface area (Å²) >= 11 is 0. The summed E-state index contributed by atoms with van der Waals surface area (Å²) in [7, 11) is 1.67. The van der Waals surface area contributed by atoms with Crippen LogP contribution in [0.5, 0.6) is 17.2 Å². The summed E-state index contributed by atoms with van der Waals surface area (Å²) < 4.78 is 17.5. The van der Waals surface area contributed by atoms with Gasteiger partial charge in [-0.2, -0.15) is 0 Å². The Morgan fingerprint density at radius 1 is 1.10 bits per heavy atom. The standard InChI is InChI=1S/C17H16O3/c1-18-15-8-4-6-13-16-12(10-19-17(13)15)9-11-5-2-3-7-14(11)20-16/h2-8,12,16H,9-10H2,1H3/t12-,16+/m0/s1. The molecule has 2 aliphatic heterocycles. The number of benzene rings is 2. The Hall–Kier alpha value is -2.16. The second kappa shape index (κ2) is 4.44. The lowest BCUT2D eigenvalue weighted by molar-refractivity contribution is 0.0526. The maximum absolute atomic E-state index is 6.23. The Balaban J connectivity index is 1.78. The van der Waals surface area contributed by atoms with Crippen LogP contribution in [0.2, 0.25) is 0 Å². The molecule has 0 spiro atoms. The molecule has 0 aromatic heterocycles. The van der Waals surface area contributed by atoms with E-state index in [9.17, 15) is 0 Å². The van der Waals surface area contributed by atoms with E-state index in [1.807, 2.05) is 24.3 Å². The van der Waals surface area contributed by atoms with Crippen LogP contribution in [-0.2, 0) is 6.42 Å². The maximum atomic E-state index is 6.23. The topological polar surface area (TPSA) is 27.7 Å². The molecule has 3 nitrogen and oxygen atoms in total. The van der Waals surface area contributed by atoms with Crippen molar-refractivity contribution in [3.8, 4) is 17.2 Å². The third-order valence-electron chi connectivity index (χ3n) is 4.11. The summed E-state index contributed by atoms with van der Waals surface area (Å²) in [5, 5.41) is 0. The zero-order valence-corrected chi connectivity index (χ0v) is 11.3. The highest BCUT2D eigenvalue weighted by Crippen LogP contribution is 2.47. The van der Waals surface area contributed by atoms with Gasteiger partial charge in [-0.25, -0.2) is 0 Å². The van der Waals surface area contributed by atoms with E-state index in [0.717, 1.165) is 29.2 Å². The summed E-state index contributed by atoms with van der Waals surface area (Å²) in [6.07, 6.45) is 1.06. The van der Waals surface area contributed by atoms with Crippen molar-refractivity contribution in [2.45, 2.75) is 12.5 Å². The van der Waals surface area contributed by atoms with Gasteiger partial charge in [-0.3, -0.25) is 0 Å². The Kier molecular flexibility index (Phi) is 2.59. The molecule has 0 aliphatic carbocycles. The van der Waals surface area contributed by atoms with Gasteiger partial charge in [0.05, 0.1) is 13.7 Å². The number of para-hydroxylation sites is 2. The van der Waals surface area contributed by atoms with Crippen LogP contribution in [-0.4, -0.2) is 13.7 Å². The molecular weight excluding hydrogens is 252 g/mol. The fourth-order valence-electron chi connectivity index (χ4n) is 3.14. The van der Waals surface area contributed by atoms with Gasteiger partial charge in [0.25, 0.3) is 0 Å². The lowest BCUT2D eigenvalue weighted by atomic mass is 9.85. The molecule has 2 aromatic carbocycles. The third-order valence-corrected chi connectivity index (χ3v) is 4.11. The third kappa shape index (κ3) is 1.66. The van der Waals surface area contributed by atoms with E-state index in [1.54, 1.807) is 7.11 Å². The van der Waals surface area contributed by atoms with E-state index in [4.69, 9.17) is 14.2 Å². The molecule has 3 heteroatoms. The van der Waals surface area contributed by atoms with Gasteiger partial charge in [0.1, 0.15) is 11.9 Å². The molecule has 4 rings (SSSR count). The largest absolute Gasteiger partial charge is 0.493 e. The van der Waals surface area contributed by atoms with E-state index >= 15 is 0 Å². The van der Waals surface area contributed by atoms with E-state index in [-0.39, 0.29) is 6.10 Å². The molecule has 102 valence electrons. The van der Waals surface area contributed by atoms with E-state index in [1.165, 1.54) is 5.56 Å². The number of rotatable bonds is 1. The van der Waals surface area contributed by atoms with E-state index in [2.05, 4.69) is 18.2 Å². The van der Waals surface area contributed by atoms with Crippen molar-refractivity contribution in [3.05, 3.63) is 53.6 Å². The molecule has 2 aliphatic rings. The Labute approximate surface area is 118 Å². The van der Waals surface area contributed by atoms with Crippen LogP contribution in [0.3, 0.4) is 0 Å². The number of methoxy groups -OCH3 is 1. The van der Waals surface area contributed by atoms with Gasteiger partial charge >= 0.3 is 0 Å². The average molecular weight is 268 g/mol. The molecule has 0 fully saturated rings. The van der Waals surface area contributed by atoms with Crippen molar-refractivity contribution in [1.29, 1.82) is 0 Å². The van der Waals surface area contributed by atoms with Crippen molar-refractivity contribution >= 4 is 0 Å². The molecule has 0 unspecified atom stereocenters. The van der Waals surface area contributed by atoms with Crippen LogP contribution >= 0.6 is 0 Å². The Bertz CT molecular complexity index is 650. The monoisotopic (exact) mass is 268 g/mol. The molecule has 2 heterocycles. The zero-order valence-electron chi connectivity index (χ0n) is 11.3. The number of hydrogen-bond acceptors (Lipinski definition) is 3. The van der Waals surface area contributed by atoms with Crippen molar-refractivity contribution in [1.82, 2.24) is 0 Å². The zero-order chi connectivity index (χ0) is 13.5. The molecule has 0 bridgehead atoms. The number of hydrogen-bond donors (Lipinski definition) is 0. The molecule has 20 heavy (non-hydrogen) atoms. The highest BCUT2D eigenvalue weighted by Gasteiger charge is 2.37. The second-order valence-electron chi connectivity index (χ2n) is 5.30. The maximum Gasteiger partial charge on any atom is 0.168 e. The molecule has 0 saturated carbocycles. The van der Waals surface area contributed by atoms with Crippen molar-refractivity contribution < 1.29 is 14.2 Å². The van der Waals surface area contributed by atoms with Crippen molar-refractivity contribution in [3.63, 3.8) is 0 Å². The minimum atomic E-state index is 0.0590. The molecule has 0 amide bonds. The molecular formula is C17H16O3. The van der Waals surface area contributed by atoms with E-state index in [0.29, 0.717) is 12.5 Å². The van der Waals surface area contributed by atoms with Crippen LogP contribution in [0.4, 0.5) is 0 Å². The van der Waals surface area contributed by atoms with Crippen LogP contribution in [0, 0.1) is 5.92 Å². The highest BCUT2D eigenvalue weighted by molar-refractivity contribution is 5.50.